The van der Waals surface area contributed by atoms with Gasteiger partial charge in [-0.05, 0) is 43.0 Å². The molecule has 0 radical (unpaired) electrons. The Labute approximate surface area is 132 Å². The minimum Gasteiger partial charge on any atom is -0.316 e. The molecule has 0 heterocycles. The molecular formula is C15H23ClN2O2S. The van der Waals surface area contributed by atoms with Gasteiger partial charge in [0.25, 0.3) is 0 Å². The minimum absolute atomic E-state index is 0.00291. The van der Waals surface area contributed by atoms with E-state index in [0.29, 0.717) is 11.6 Å². The minimum atomic E-state index is -3.52. The summed E-state index contributed by atoms with van der Waals surface area (Å²) < 4.78 is 27.9. The van der Waals surface area contributed by atoms with Crippen molar-refractivity contribution in [3.05, 3.63) is 28.8 Å². The maximum atomic E-state index is 12.5. The molecule has 1 atom stereocenters. The highest BCUT2D eigenvalue weighted by Crippen LogP contribution is 2.38. The summed E-state index contributed by atoms with van der Waals surface area (Å²) in [7, 11) is -1.70. The van der Waals surface area contributed by atoms with Gasteiger partial charge in [0.05, 0.1) is 4.90 Å². The molecule has 2 rings (SSSR count). The zero-order valence-corrected chi connectivity index (χ0v) is 14.3. The van der Waals surface area contributed by atoms with Crippen LogP contribution in [0.25, 0.3) is 0 Å². The molecule has 1 aliphatic rings. The SMILES string of the molecule is CNCc1ccc(S(=O)(=O)NC2CCCC2(C)C)cc1Cl. The van der Waals surface area contributed by atoms with Crippen molar-refractivity contribution < 1.29 is 8.42 Å². The van der Waals surface area contributed by atoms with Gasteiger partial charge in [-0.25, -0.2) is 13.1 Å². The molecular weight excluding hydrogens is 308 g/mol. The summed E-state index contributed by atoms with van der Waals surface area (Å²) in [5.41, 5.74) is 0.891. The Hall–Kier alpha value is -0.620. The molecule has 1 fully saturated rings. The summed E-state index contributed by atoms with van der Waals surface area (Å²) in [6, 6.07) is 4.88. The fraction of sp³-hybridized carbons (Fsp3) is 0.600. The molecule has 21 heavy (non-hydrogen) atoms. The molecule has 1 aromatic carbocycles. The Morgan fingerprint density at radius 1 is 1.38 bits per heavy atom. The molecule has 4 nitrogen and oxygen atoms in total. The highest BCUT2D eigenvalue weighted by molar-refractivity contribution is 7.89. The zero-order chi connectivity index (χ0) is 15.7. The second kappa shape index (κ2) is 6.24. The van der Waals surface area contributed by atoms with Crippen molar-refractivity contribution in [3.8, 4) is 0 Å². The topological polar surface area (TPSA) is 58.2 Å². The molecule has 6 heteroatoms. The maximum Gasteiger partial charge on any atom is 0.240 e. The van der Waals surface area contributed by atoms with Gasteiger partial charge >= 0.3 is 0 Å². The van der Waals surface area contributed by atoms with Gasteiger partial charge in [0, 0.05) is 17.6 Å². The van der Waals surface area contributed by atoms with Crippen LogP contribution in [-0.2, 0) is 16.6 Å². The smallest absolute Gasteiger partial charge is 0.240 e. The molecule has 0 aliphatic heterocycles. The van der Waals surface area contributed by atoms with E-state index in [4.69, 9.17) is 11.6 Å². The number of hydrogen-bond donors (Lipinski definition) is 2. The first-order chi connectivity index (χ1) is 9.76. The van der Waals surface area contributed by atoms with Crippen molar-refractivity contribution in [2.45, 2.75) is 50.6 Å². The number of halogens is 1. The van der Waals surface area contributed by atoms with E-state index in [2.05, 4.69) is 23.9 Å². The fourth-order valence-electron chi connectivity index (χ4n) is 2.83. The van der Waals surface area contributed by atoms with Crippen molar-refractivity contribution >= 4 is 21.6 Å². The van der Waals surface area contributed by atoms with E-state index in [1.54, 1.807) is 12.1 Å². The van der Waals surface area contributed by atoms with E-state index in [9.17, 15) is 8.42 Å². The van der Waals surface area contributed by atoms with Crippen molar-refractivity contribution in [2.75, 3.05) is 7.05 Å². The summed E-state index contributed by atoms with van der Waals surface area (Å²) >= 11 is 6.15. The van der Waals surface area contributed by atoms with Crippen molar-refractivity contribution in [1.82, 2.24) is 10.0 Å². The molecule has 0 aromatic heterocycles. The number of rotatable bonds is 5. The zero-order valence-electron chi connectivity index (χ0n) is 12.7. The highest BCUT2D eigenvalue weighted by atomic mass is 35.5. The third-order valence-corrected chi connectivity index (χ3v) is 6.08. The van der Waals surface area contributed by atoms with Gasteiger partial charge < -0.3 is 5.32 Å². The van der Waals surface area contributed by atoms with Crippen LogP contribution < -0.4 is 10.0 Å². The molecule has 2 N–H and O–H groups in total. The molecule has 1 aliphatic carbocycles. The van der Waals surface area contributed by atoms with Crippen LogP contribution in [0.5, 0.6) is 0 Å². The first-order valence-electron chi connectivity index (χ1n) is 7.21. The van der Waals surface area contributed by atoms with Crippen LogP contribution in [0.15, 0.2) is 23.1 Å². The van der Waals surface area contributed by atoms with Crippen LogP contribution in [-0.4, -0.2) is 21.5 Å². The Morgan fingerprint density at radius 2 is 2.10 bits per heavy atom. The van der Waals surface area contributed by atoms with Crippen LogP contribution in [0.2, 0.25) is 5.02 Å². The summed E-state index contributed by atoms with van der Waals surface area (Å²) in [6.07, 6.45) is 2.99. The van der Waals surface area contributed by atoms with Gasteiger partial charge in [-0.15, -0.1) is 0 Å². The van der Waals surface area contributed by atoms with E-state index in [-0.39, 0.29) is 16.4 Å². The second-order valence-corrected chi connectivity index (χ2v) is 8.46. The van der Waals surface area contributed by atoms with E-state index in [1.165, 1.54) is 6.07 Å². The lowest BCUT2D eigenvalue weighted by Gasteiger charge is -2.27. The van der Waals surface area contributed by atoms with Crippen molar-refractivity contribution in [3.63, 3.8) is 0 Å². The average molecular weight is 331 g/mol. The fourth-order valence-corrected chi connectivity index (χ4v) is 4.61. The normalized spacial score (nSPS) is 21.6. The first-order valence-corrected chi connectivity index (χ1v) is 9.08. The molecule has 118 valence electrons. The first kappa shape index (κ1) is 16.7. The van der Waals surface area contributed by atoms with E-state index >= 15 is 0 Å². The van der Waals surface area contributed by atoms with E-state index in [0.717, 1.165) is 24.8 Å². The second-order valence-electron chi connectivity index (χ2n) is 6.34. The highest BCUT2D eigenvalue weighted by Gasteiger charge is 2.37. The molecule has 1 saturated carbocycles. The third kappa shape index (κ3) is 3.77. The predicted octanol–water partition coefficient (Wildman–Crippen LogP) is 2.92. The summed E-state index contributed by atoms with van der Waals surface area (Å²) in [5, 5.41) is 3.47. The molecule has 0 amide bonds. The molecule has 0 saturated heterocycles. The lowest BCUT2D eigenvalue weighted by molar-refractivity contribution is 0.313. The van der Waals surface area contributed by atoms with Crippen LogP contribution in [0.3, 0.4) is 0 Å². The lowest BCUT2D eigenvalue weighted by Crippen LogP contribution is -2.41. The van der Waals surface area contributed by atoms with Crippen LogP contribution >= 0.6 is 11.6 Å². The summed E-state index contributed by atoms with van der Waals surface area (Å²) in [4.78, 5) is 0.232. The number of nitrogens with one attached hydrogen (secondary N) is 2. The van der Waals surface area contributed by atoms with E-state index in [1.807, 2.05) is 7.05 Å². The molecule has 0 bridgehead atoms. The largest absolute Gasteiger partial charge is 0.316 e. The third-order valence-electron chi connectivity index (χ3n) is 4.26. The lowest BCUT2D eigenvalue weighted by atomic mass is 9.88. The standard InChI is InChI=1S/C15H23ClN2O2S/c1-15(2)8-4-5-14(15)18-21(19,20)12-7-6-11(10-17-3)13(16)9-12/h6-7,9,14,17-18H,4-5,8,10H2,1-3H3. The van der Waals surface area contributed by atoms with Gasteiger partial charge in [-0.1, -0.05) is 37.9 Å². The average Bonchev–Trinajstić information content (AvgIpc) is 2.71. The number of sulfonamides is 1. The van der Waals surface area contributed by atoms with Crippen LogP contribution in [0.1, 0.15) is 38.7 Å². The molecule has 1 aromatic rings. The Bertz CT molecular complexity index is 614. The van der Waals surface area contributed by atoms with Crippen molar-refractivity contribution in [2.24, 2.45) is 5.41 Å². The monoisotopic (exact) mass is 330 g/mol. The van der Waals surface area contributed by atoms with Crippen LogP contribution in [0, 0.1) is 5.41 Å². The molecule has 0 spiro atoms. The predicted molar refractivity (Wildman–Crippen MR) is 86.0 cm³/mol. The Morgan fingerprint density at radius 3 is 2.62 bits per heavy atom. The van der Waals surface area contributed by atoms with Gasteiger partial charge in [0.2, 0.25) is 10.0 Å². The van der Waals surface area contributed by atoms with Crippen LogP contribution in [0.4, 0.5) is 0 Å². The van der Waals surface area contributed by atoms with Gasteiger partial charge in [0.15, 0.2) is 0 Å². The van der Waals surface area contributed by atoms with E-state index < -0.39 is 10.0 Å². The molecule has 1 unspecified atom stereocenters. The summed E-state index contributed by atoms with van der Waals surface area (Å²) in [5.74, 6) is 0. The van der Waals surface area contributed by atoms with Gasteiger partial charge in [-0.2, -0.15) is 0 Å². The summed E-state index contributed by atoms with van der Waals surface area (Å²) in [6.45, 7) is 4.83. The quantitative estimate of drug-likeness (QED) is 0.872. The maximum absolute atomic E-state index is 12.5. The Kier molecular flexibility index (Phi) is 4.98. The van der Waals surface area contributed by atoms with Gasteiger partial charge in [0.1, 0.15) is 0 Å². The van der Waals surface area contributed by atoms with Crippen molar-refractivity contribution in [1.29, 1.82) is 0 Å². The van der Waals surface area contributed by atoms with Gasteiger partial charge in [-0.3, -0.25) is 0 Å². The number of benzene rings is 1. The Balaban J connectivity index is 2.22. The number of hydrogen-bond acceptors (Lipinski definition) is 3.